The Morgan fingerprint density at radius 1 is 1.08 bits per heavy atom. The Balaban J connectivity index is 1.94. The van der Waals surface area contributed by atoms with Crippen LogP contribution in [0.1, 0.15) is 51.6 Å². The van der Waals surface area contributed by atoms with Crippen LogP contribution in [0, 0.1) is 5.92 Å². The molecular formula is C20H21NO5. The van der Waals surface area contributed by atoms with E-state index in [0.717, 1.165) is 0 Å². The molecule has 0 aromatic heterocycles. The lowest BCUT2D eigenvalue weighted by Gasteiger charge is -2.22. The molecule has 26 heavy (non-hydrogen) atoms. The van der Waals surface area contributed by atoms with Crippen LogP contribution in [-0.4, -0.2) is 35.0 Å². The molecule has 6 nitrogen and oxygen atoms in total. The number of rotatable bonds is 6. The number of nitrogen functional groups attached to an aromatic ring is 1. The zero-order chi connectivity index (χ0) is 18.8. The first-order valence-electron chi connectivity index (χ1n) is 8.53. The van der Waals surface area contributed by atoms with Crippen molar-refractivity contribution in [2.75, 3.05) is 18.9 Å². The highest BCUT2D eigenvalue weighted by molar-refractivity contribution is 6.31. The minimum atomic E-state index is -0.428. The van der Waals surface area contributed by atoms with E-state index in [1.807, 2.05) is 6.92 Å². The molecule has 1 atom stereocenters. The van der Waals surface area contributed by atoms with E-state index in [2.05, 4.69) is 0 Å². The average Bonchev–Trinajstić information content (AvgIpc) is 2.62. The Hall–Kier alpha value is -2.86. The summed E-state index contributed by atoms with van der Waals surface area (Å²) >= 11 is 0. The number of nitrogens with two attached hydrogens (primary N) is 1. The quantitative estimate of drug-likeness (QED) is 0.463. The van der Waals surface area contributed by atoms with Crippen molar-refractivity contribution < 1.29 is 24.5 Å². The summed E-state index contributed by atoms with van der Waals surface area (Å²) < 4.78 is 5.64. The highest BCUT2D eigenvalue weighted by Crippen LogP contribution is 2.41. The molecule has 0 aliphatic heterocycles. The van der Waals surface area contributed by atoms with Crippen LogP contribution in [0.2, 0.25) is 0 Å². The van der Waals surface area contributed by atoms with Crippen LogP contribution in [0.5, 0.6) is 11.5 Å². The van der Waals surface area contributed by atoms with Gasteiger partial charge in [-0.2, -0.15) is 0 Å². The SMILES string of the molecule is CC(CCO)CCOc1cc(O)c2c(c1N)C(=O)c1ccccc1C2=O. The molecule has 0 saturated heterocycles. The lowest BCUT2D eigenvalue weighted by Crippen LogP contribution is -2.23. The molecule has 2 aromatic carbocycles. The van der Waals surface area contributed by atoms with Gasteiger partial charge in [-0.25, -0.2) is 0 Å². The molecule has 0 fully saturated rings. The number of aliphatic hydroxyl groups is 1. The Morgan fingerprint density at radius 3 is 2.31 bits per heavy atom. The summed E-state index contributed by atoms with van der Waals surface area (Å²) in [5, 5.41) is 19.3. The summed E-state index contributed by atoms with van der Waals surface area (Å²) in [5.41, 5.74) is 6.61. The maximum atomic E-state index is 12.8. The fourth-order valence-electron chi connectivity index (χ4n) is 3.13. The normalized spacial score (nSPS) is 13.9. The van der Waals surface area contributed by atoms with Gasteiger partial charge in [0, 0.05) is 23.8 Å². The summed E-state index contributed by atoms with van der Waals surface area (Å²) in [6, 6.07) is 7.75. The third kappa shape index (κ3) is 3.04. The van der Waals surface area contributed by atoms with Gasteiger partial charge in [0.1, 0.15) is 11.5 Å². The van der Waals surface area contributed by atoms with Gasteiger partial charge < -0.3 is 20.7 Å². The van der Waals surface area contributed by atoms with E-state index in [-0.39, 0.29) is 52.0 Å². The summed E-state index contributed by atoms with van der Waals surface area (Å²) in [6.45, 7) is 2.42. The molecule has 4 N–H and O–H groups in total. The molecule has 3 rings (SSSR count). The Kier molecular flexibility index (Phi) is 4.95. The number of fused-ring (bicyclic) bond motifs is 2. The zero-order valence-corrected chi connectivity index (χ0v) is 14.5. The molecule has 6 heteroatoms. The molecule has 0 spiro atoms. The smallest absolute Gasteiger partial charge is 0.198 e. The van der Waals surface area contributed by atoms with Crippen molar-refractivity contribution >= 4 is 17.3 Å². The molecule has 1 aliphatic carbocycles. The second-order valence-electron chi connectivity index (χ2n) is 6.52. The van der Waals surface area contributed by atoms with Crippen LogP contribution in [-0.2, 0) is 0 Å². The summed E-state index contributed by atoms with van der Waals surface area (Å²) in [4.78, 5) is 25.5. The van der Waals surface area contributed by atoms with E-state index >= 15 is 0 Å². The van der Waals surface area contributed by atoms with Gasteiger partial charge in [0.15, 0.2) is 11.6 Å². The van der Waals surface area contributed by atoms with E-state index < -0.39 is 11.6 Å². The standard InChI is InChI=1S/C20H21NO5/c1-11(6-8-22)7-9-26-15-10-14(23)16-17(18(15)21)20(25)13-5-3-2-4-12(13)19(16)24/h2-5,10-11,22-23H,6-9,21H2,1H3. The van der Waals surface area contributed by atoms with Gasteiger partial charge in [-0.05, 0) is 18.8 Å². The number of phenols is 1. The second-order valence-corrected chi connectivity index (χ2v) is 6.52. The Labute approximate surface area is 151 Å². The van der Waals surface area contributed by atoms with Crippen LogP contribution in [0.15, 0.2) is 30.3 Å². The molecule has 2 aromatic rings. The van der Waals surface area contributed by atoms with Gasteiger partial charge >= 0.3 is 0 Å². The predicted octanol–water partition coefficient (Wildman–Crippen LogP) is 2.54. The number of benzene rings is 2. The molecule has 0 amide bonds. The van der Waals surface area contributed by atoms with Gasteiger partial charge in [0.25, 0.3) is 0 Å². The number of carbonyl (C=O) groups is 2. The highest BCUT2D eigenvalue weighted by Gasteiger charge is 2.35. The fraction of sp³-hybridized carbons (Fsp3) is 0.300. The number of carbonyl (C=O) groups excluding carboxylic acids is 2. The minimum Gasteiger partial charge on any atom is -0.507 e. The predicted molar refractivity (Wildman–Crippen MR) is 96.8 cm³/mol. The van der Waals surface area contributed by atoms with Gasteiger partial charge in [-0.15, -0.1) is 0 Å². The van der Waals surface area contributed by atoms with Crippen LogP contribution < -0.4 is 10.5 Å². The topological polar surface area (TPSA) is 110 Å². The summed E-state index contributed by atoms with van der Waals surface area (Å²) in [6.07, 6.45) is 1.35. The number of ketones is 2. The van der Waals surface area contributed by atoms with E-state index in [0.29, 0.717) is 19.4 Å². The number of anilines is 1. The maximum absolute atomic E-state index is 12.8. The van der Waals surface area contributed by atoms with Gasteiger partial charge in [0.05, 0.1) is 23.4 Å². The number of aliphatic hydroxyl groups excluding tert-OH is 1. The molecule has 0 heterocycles. The Morgan fingerprint density at radius 2 is 1.69 bits per heavy atom. The average molecular weight is 355 g/mol. The molecule has 136 valence electrons. The largest absolute Gasteiger partial charge is 0.507 e. The van der Waals surface area contributed by atoms with E-state index in [4.69, 9.17) is 15.6 Å². The second kappa shape index (κ2) is 7.17. The highest BCUT2D eigenvalue weighted by atomic mass is 16.5. The van der Waals surface area contributed by atoms with E-state index in [1.54, 1.807) is 24.3 Å². The van der Waals surface area contributed by atoms with Gasteiger partial charge in [-0.3, -0.25) is 9.59 Å². The molecule has 0 radical (unpaired) electrons. The lowest BCUT2D eigenvalue weighted by atomic mass is 9.82. The number of aromatic hydroxyl groups is 1. The van der Waals surface area contributed by atoms with Crippen LogP contribution in [0.3, 0.4) is 0 Å². The van der Waals surface area contributed by atoms with E-state index in [1.165, 1.54) is 6.07 Å². The van der Waals surface area contributed by atoms with Crippen molar-refractivity contribution in [3.63, 3.8) is 0 Å². The van der Waals surface area contributed by atoms with Crippen LogP contribution in [0.4, 0.5) is 5.69 Å². The van der Waals surface area contributed by atoms with Crippen molar-refractivity contribution in [2.24, 2.45) is 5.92 Å². The summed E-state index contributed by atoms with van der Waals surface area (Å²) in [5.74, 6) is -0.703. The molecule has 0 saturated carbocycles. The monoisotopic (exact) mass is 355 g/mol. The van der Waals surface area contributed by atoms with Crippen molar-refractivity contribution in [1.29, 1.82) is 0 Å². The zero-order valence-electron chi connectivity index (χ0n) is 14.5. The number of hydrogen-bond acceptors (Lipinski definition) is 6. The third-order valence-electron chi connectivity index (χ3n) is 4.67. The molecule has 0 bridgehead atoms. The summed E-state index contributed by atoms with van der Waals surface area (Å²) in [7, 11) is 0. The van der Waals surface area contributed by atoms with Crippen molar-refractivity contribution in [2.45, 2.75) is 19.8 Å². The van der Waals surface area contributed by atoms with Gasteiger partial charge in [0.2, 0.25) is 0 Å². The first-order chi connectivity index (χ1) is 12.5. The van der Waals surface area contributed by atoms with Crippen LogP contribution in [0.25, 0.3) is 0 Å². The first-order valence-corrected chi connectivity index (χ1v) is 8.53. The van der Waals surface area contributed by atoms with Crippen molar-refractivity contribution in [1.82, 2.24) is 0 Å². The molecule has 1 unspecified atom stereocenters. The lowest BCUT2D eigenvalue weighted by molar-refractivity contribution is 0.0977. The minimum absolute atomic E-state index is 0.00731. The third-order valence-corrected chi connectivity index (χ3v) is 4.67. The first kappa shape index (κ1) is 17.9. The number of phenolic OH excluding ortho intramolecular Hbond substituents is 1. The number of hydrogen-bond donors (Lipinski definition) is 3. The van der Waals surface area contributed by atoms with Crippen LogP contribution >= 0.6 is 0 Å². The molecule has 1 aliphatic rings. The van der Waals surface area contributed by atoms with Crippen molar-refractivity contribution in [3.05, 3.63) is 52.6 Å². The maximum Gasteiger partial charge on any atom is 0.198 e. The Bertz CT molecular complexity index is 875. The van der Waals surface area contributed by atoms with Crippen molar-refractivity contribution in [3.8, 4) is 11.5 Å². The van der Waals surface area contributed by atoms with E-state index in [9.17, 15) is 14.7 Å². The molecular weight excluding hydrogens is 334 g/mol. The van der Waals surface area contributed by atoms with Gasteiger partial charge in [-0.1, -0.05) is 31.2 Å². The number of ether oxygens (including phenoxy) is 1. The fourth-order valence-corrected chi connectivity index (χ4v) is 3.13.